The Morgan fingerprint density at radius 2 is 1.79 bits per heavy atom. The Balaban J connectivity index is 2.75. The molecule has 14 heavy (non-hydrogen) atoms. The molecule has 0 aliphatic heterocycles. The molecular weight excluding hydrogens is 196 g/mol. The summed E-state index contributed by atoms with van der Waals surface area (Å²) < 4.78 is 0. The number of para-hydroxylation sites is 2. The predicted molar refractivity (Wildman–Crippen MR) is 57.1 cm³/mol. The second-order valence-electron chi connectivity index (χ2n) is 2.73. The van der Waals surface area contributed by atoms with Crippen molar-refractivity contribution in [1.29, 1.82) is 0 Å². The molecule has 0 bridgehead atoms. The molecule has 1 aromatic carbocycles. The van der Waals surface area contributed by atoms with Crippen LogP contribution in [0.3, 0.4) is 0 Å². The molecule has 0 saturated carbocycles. The van der Waals surface area contributed by atoms with Crippen molar-refractivity contribution < 1.29 is 0 Å². The van der Waals surface area contributed by atoms with Crippen molar-refractivity contribution in [2.75, 3.05) is 0 Å². The van der Waals surface area contributed by atoms with E-state index in [9.17, 15) is 0 Å². The average Bonchev–Trinajstić information content (AvgIpc) is 2.19. The summed E-state index contributed by atoms with van der Waals surface area (Å²) in [4.78, 5) is 8.49. The van der Waals surface area contributed by atoms with Crippen LogP contribution in [0.4, 0.5) is 0 Å². The van der Waals surface area contributed by atoms with E-state index < -0.39 is 0 Å². The molecule has 0 radical (unpaired) electrons. The Morgan fingerprint density at radius 3 is 2.43 bits per heavy atom. The van der Waals surface area contributed by atoms with Crippen LogP contribution in [0, 0.1) is 11.8 Å². The van der Waals surface area contributed by atoms with Gasteiger partial charge < -0.3 is 0 Å². The summed E-state index contributed by atoms with van der Waals surface area (Å²) >= 11 is 5.91. The number of hydrogen-bond donors (Lipinski definition) is 0. The Labute approximate surface area is 86.9 Å². The number of rotatable bonds is 0. The fraction of sp³-hybridized carbons (Fsp3) is 0.0909. The summed E-state index contributed by atoms with van der Waals surface area (Å²) in [6, 6.07) is 7.57. The van der Waals surface area contributed by atoms with Crippen molar-refractivity contribution in [2.45, 2.75) is 6.92 Å². The molecule has 0 saturated heterocycles. The van der Waals surface area contributed by atoms with E-state index in [1.807, 2.05) is 24.3 Å². The van der Waals surface area contributed by atoms with E-state index in [1.165, 1.54) is 0 Å². The van der Waals surface area contributed by atoms with Gasteiger partial charge in [-0.1, -0.05) is 29.7 Å². The van der Waals surface area contributed by atoms with Crippen LogP contribution < -0.4 is 0 Å². The maximum absolute atomic E-state index is 5.91. The Bertz CT molecular complexity index is 538. The van der Waals surface area contributed by atoms with Gasteiger partial charge in [0, 0.05) is 0 Å². The van der Waals surface area contributed by atoms with Crippen molar-refractivity contribution in [1.82, 2.24) is 9.97 Å². The number of benzene rings is 1. The van der Waals surface area contributed by atoms with Gasteiger partial charge in [0.1, 0.15) is 0 Å². The Kier molecular flexibility index (Phi) is 2.34. The third kappa shape index (κ3) is 1.55. The van der Waals surface area contributed by atoms with Gasteiger partial charge in [-0.15, -0.1) is 0 Å². The van der Waals surface area contributed by atoms with Gasteiger partial charge in [-0.3, -0.25) is 0 Å². The van der Waals surface area contributed by atoms with Gasteiger partial charge in [0.05, 0.1) is 11.0 Å². The van der Waals surface area contributed by atoms with Gasteiger partial charge in [0.2, 0.25) is 0 Å². The van der Waals surface area contributed by atoms with Gasteiger partial charge in [0.25, 0.3) is 0 Å². The van der Waals surface area contributed by atoms with E-state index >= 15 is 0 Å². The quantitative estimate of drug-likeness (QED) is 0.614. The molecule has 2 nitrogen and oxygen atoms in total. The molecule has 0 amide bonds. The predicted octanol–water partition coefficient (Wildman–Crippen LogP) is 2.65. The minimum absolute atomic E-state index is 0.359. The first kappa shape index (κ1) is 8.98. The van der Waals surface area contributed by atoms with Crippen LogP contribution in [0.1, 0.15) is 12.6 Å². The molecule has 1 heterocycles. The van der Waals surface area contributed by atoms with Gasteiger partial charge in [-0.25, -0.2) is 9.97 Å². The number of aromatic nitrogens is 2. The molecule has 0 N–H and O–H groups in total. The lowest BCUT2D eigenvalue weighted by atomic mass is 10.3. The first-order valence-corrected chi connectivity index (χ1v) is 4.54. The average molecular weight is 203 g/mol. The lowest BCUT2D eigenvalue weighted by Gasteiger charge is -1.98. The number of hydrogen-bond acceptors (Lipinski definition) is 2. The molecule has 2 aromatic rings. The van der Waals surface area contributed by atoms with E-state index in [1.54, 1.807) is 6.92 Å². The maximum Gasteiger partial charge on any atom is 0.164 e. The zero-order valence-corrected chi connectivity index (χ0v) is 8.34. The minimum atomic E-state index is 0.359. The standard InChI is InChI=1S/C11H7ClN2/c1-2-5-10-11(12)14-9-7-4-3-6-8(9)13-10/h3-4,6-7H,1H3. The zero-order chi connectivity index (χ0) is 9.97. The van der Waals surface area contributed by atoms with Crippen LogP contribution in [-0.2, 0) is 0 Å². The molecule has 0 aliphatic rings. The summed E-state index contributed by atoms with van der Waals surface area (Å²) in [5.41, 5.74) is 2.14. The topological polar surface area (TPSA) is 25.8 Å². The van der Waals surface area contributed by atoms with E-state index in [0.717, 1.165) is 11.0 Å². The lowest BCUT2D eigenvalue weighted by molar-refractivity contribution is 1.26. The third-order valence-electron chi connectivity index (χ3n) is 1.77. The molecule has 1 aromatic heterocycles. The summed E-state index contributed by atoms with van der Waals surface area (Å²) in [7, 11) is 0. The van der Waals surface area contributed by atoms with Crippen molar-refractivity contribution in [3.8, 4) is 11.8 Å². The van der Waals surface area contributed by atoms with Gasteiger partial charge in [-0.2, -0.15) is 0 Å². The molecule has 0 atom stereocenters. The van der Waals surface area contributed by atoms with Crippen molar-refractivity contribution in [2.24, 2.45) is 0 Å². The zero-order valence-electron chi connectivity index (χ0n) is 7.58. The molecular formula is C11H7ClN2. The number of nitrogens with zero attached hydrogens (tertiary/aromatic N) is 2. The first-order chi connectivity index (χ1) is 6.81. The van der Waals surface area contributed by atoms with E-state index in [-0.39, 0.29) is 0 Å². The van der Waals surface area contributed by atoms with Crippen LogP contribution in [0.5, 0.6) is 0 Å². The Hall–Kier alpha value is -1.59. The molecule has 0 unspecified atom stereocenters. The van der Waals surface area contributed by atoms with E-state index in [2.05, 4.69) is 21.8 Å². The second-order valence-corrected chi connectivity index (χ2v) is 3.08. The molecule has 0 aliphatic carbocycles. The fourth-order valence-electron chi connectivity index (χ4n) is 1.18. The van der Waals surface area contributed by atoms with E-state index in [4.69, 9.17) is 11.6 Å². The highest BCUT2D eigenvalue weighted by Gasteiger charge is 2.02. The van der Waals surface area contributed by atoms with Crippen molar-refractivity contribution >= 4 is 22.6 Å². The lowest BCUT2D eigenvalue weighted by Crippen LogP contribution is -1.90. The monoisotopic (exact) mass is 202 g/mol. The Morgan fingerprint density at radius 1 is 1.14 bits per heavy atom. The molecule has 3 heteroatoms. The molecule has 0 spiro atoms. The number of fused-ring (bicyclic) bond motifs is 1. The van der Waals surface area contributed by atoms with Crippen molar-refractivity contribution in [3.05, 3.63) is 35.1 Å². The smallest absolute Gasteiger partial charge is 0.164 e. The van der Waals surface area contributed by atoms with Crippen molar-refractivity contribution in [3.63, 3.8) is 0 Å². The molecule has 0 fully saturated rings. The fourth-order valence-corrected chi connectivity index (χ4v) is 1.36. The van der Waals surface area contributed by atoms with Crippen LogP contribution in [-0.4, -0.2) is 9.97 Å². The number of halogens is 1. The summed E-state index contributed by atoms with van der Waals surface area (Å²) in [5.74, 6) is 5.56. The summed E-state index contributed by atoms with van der Waals surface area (Å²) in [6.45, 7) is 1.74. The highest BCUT2D eigenvalue weighted by Crippen LogP contribution is 2.15. The maximum atomic E-state index is 5.91. The SMILES string of the molecule is CC#Cc1nc2ccccc2nc1Cl. The van der Waals surface area contributed by atoms with Crippen LogP contribution >= 0.6 is 11.6 Å². The van der Waals surface area contributed by atoms with Crippen LogP contribution in [0.25, 0.3) is 11.0 Å². The van der Waals surface area contributed by atoms with Gasteiger partial charge >= 0.3 is 0 Å². The largest absolute Gasteiger partial charge is 0.234 e. The normalized spacial score (nSPS) is 9.57. The van der Waals surface area contributed by atoms with Gasteiger partial charge in [-0.05, 0) is 25.0 Å². The highest BCUT2D eigenvalue weighted by atomic mass is 35.5. The van der Waals surface area contributed by atoms with Crippen LogP contribution in [0.2, 0.25) is 5.15 Å². The highest BCUT2D eigenvalue weighted by molar-refractivity contribution is 6.30. The molecule has 68 valence electrons. The summed E-state index contributed by atoms with van der Waals surface area (Å²) in [6.07, 6.45) is 0. The van der Waals surface area contributed by atoms with E-state index in [0.29, 0.717) is 10.8 Å². The summed E-state index contributed by atoms with van der Waals surface area (Å²) in [5, 5.41) is 0.359. The van der Waals surface area contributed by atoms with Crippen LogP contribution in [0.15, 0.2) is 24.3 Å². The van der Waals surface area contributed by atoms with Gasteiger partial charge in [0.15, 0.2) is 10.8 Å². The molecule has 2 rings (SSSR count). The first-order valence-electron chi connectivity index (χ1n) is 4.16. The minimum Gasteiger partial charge on any atom is -0.234 e. The second kappa shape index (κ2) is 3.65. The third-order valence-corrected chi connectivity index (χ3v) is 2.03.